The van der Waals surface area contributed by atoms with Crippen LogP contribution in [0.1, 0.15) is 18.4 Å². The van der Waals surface area contributed by atoms with Gasteiger partial charge in [0.15, 0.2) is 0 Å². The van der Waals surface area contributed by atoms with Crippen molar-refractivity contribution in [3.05, 3.63) is 17.7 Å². The highest BCUT2D eigenvalue weighted by molar-refractivity contribution is 5.50. The zero-order valence-corrected chi connectivity index (χ0v) is 11.8. The van der Waals surface area contributed by atoms with Crippen molar-refractivity contribution in [3.63, 3.8) is 0 Å². The lowest BCUT2D eigenvalue weighted by molar-refractivity contribution is 0.366. The van der Waals surface area contributed by atoms with Gasteiger partial charge in [0.1, 0.15) is 17.2 Å². The van der Waals surface area contributed by atoms with E-state index in [0.717, 1.165) is 42.2 Å². The summed E-state index contributed by atoms with van der Waals surface area (Å²) in [7, 11) is 4.91. The standard InChI is InChI=1S/C14H22N2O3/c1-17-10-6-12(18-2)11(13(7-10)19-3)8-16-9-14(15)4-5-14/h6-7,16H,4-5,8-9,15H2,1-3H3. The number of hydrogen-bond acceptors (Lipinski definition) is 5. The average molecular weight is 266 g/mol. The van der Waals surface area contributed by atoms with E-state index < -0.39 is 0 Å². The van der Waals surface area contributed by atoms with Crippen LogP contribution in [-0.4, -0.2) is 33.4 Å². The summed E-state index contributed by atoms with van der Waals surface area (Å²) >= 11 is 0. The number of rotatable bonds is 7. The Labute approximate surface area is 114 Å². The Balaban J connectivity index is 2.11. The fourth-order valence-electron chi connectivity index (χ4n) is 2.03. The lowest BCUT2D eigenvalue weighted by Gasteiger charge is -2.16. The first-order valence-corrected chi connectivity index (χ1v) is 6.40. The Morgan fingerprint density at radius 1 is 1.11 bits per heavy atom. The Morgan fingerprint density at radius 2 is 1.68 bits per heavy atom. The van der Waals surface area contributed by atoms with Crippen molar-refractivity contribution < 1.29 is 14.2 Å². The minimum Gasteiger partial charge on any atom is -0.496 e. The minimum atomic E-state index is -0.00700. The molecule has 1 aromatic carbocycles. The topological polar surface area (TPSA) is 65.7 Å². The third kappa shape index (κ3) is 3.30. The Morgan fingerprint density at radius 3 is 2.11 bits per heavy atom. The van der Waals surface area contributed by atoms with E-state index >= 15 is 0 Å². The van der Waals surface area contributed by atoms with Crippen molar-refractivity contribution in [1.82, 2.24) is 5.32 Å². The van der Waals surface area contributed by atoms with Gasteiger partial charge in [0.05, 0.1) is 26.9 Å². The molecule has 0 aliphatic heterocycles. The van der Waals surface area contributed by atoms with E-state index in [1.165, 1.54) is 0 Å². The van der Waals surface area contributed by atoms with Crippen LogP contribution >= 0.6 is 0 Å². The number of hydrogen-bond donors (Lipinski definition) is 2. The van der Waals surface area contributed by atoms with E-state index in [-0.39, 0.29) is 5.54 Å². The SMILES string of the molecule is COc1cc(OC)c(CNCC2(N)CC2)c(OC)c1. The van der Waals surface area contributed by atoms with Crippen LogP contribution in [0.3, 0.4) is 0 Å². The first-order chi connectivity index (χ1) is 9.11. The molecule has 106 valence electrons. The average Bonchev–Trinajstić information content (AvgIpc) is 3.16. The van der Waals surface area contributed by atoms with Crippen LogP contribution in [-0.2, 0) is 6.54 Å². The maximum atomic E-state index is 6.05. The molecule has 0 bridgehead atoms. The molecule has 1 aliphatic carbocycles. The fraction of sp³-hybridized carbons (Fsp3) is 0.571. The van der Waals surface area contributed by atoms with Crippen molar-refractivity contribution in [2.24, 2.45) is 5.73 Å². The predicted octanol–water partition coefficient (Wildman–Crippen LogP) is 1.29. The molecule has 0 saturated heterocycles. The molecule has 0 aromatic heterocycles. The third-order valence-electron chi connectivity index (χ3n) is 3.49. The smallest absolute Gasteiger partial charge is 0.130 e. The van der Waals surface area contributed by atoms with Crippen LogP contribution in [0.2, 0.25) is 0 Å². The van der Waals surface area contributed by atoms with E-state index in [4.69, 9.17) is 19.9 Å². The van der Waals surface area contributed by atoms with Crippen molar-refractivity contribution in [1.29, 1.82) is 0 Å². The Hall–Kier alpha value is -1.46. The first kappa shape index (κ1) is 14.0. The Bertz CT molecular complexity index is 419. The number of nitrogens with one attached hydrogen (secondary N) is 1. The van der Waals surface area contributed by atoms with E-state index in [9.17, 15) is 0 Å². The van der Waals surface area contributed by atoms with Gasteiger partial charge in [-0.15, -0.1) is 0 Å². The molecule has 0 unspecified atom stereocenters. The van der Waals surface area contributed by atoms with Crippen molar-refractivity contribution >= 4 is 0 Å². The highest BCUT2D eigenvalue weighted by Gasteiger charge is 2.37. The summed E-state index contributed by atoms with van der Waals surface area (Å²) in [5.74, 6) is 2.23. The number of methoxy groups -OCH3 is 3. The molecule has 0 amide bonds. The maximum absolute atomic E-state index is 6.05. The molecule has 1 aromatic rings. The molecule has 2 rings (SSSR count). The molecule has 1 fully saturated rings. The van der Waals surface area contributed by atoms with E-state index in [0.29, 0.717) is 6.54 Å². The maximum Gasteiger partial charge on any atom is 0.130 e. The fourth-order valence-corrected chi connectivity index (χ4v) is 2.03. The summed E-state index contributed by atoms with van der Waals surface area (Å²) in [6, 6.07) is 3.71. The van der Waals surface area contributed by atoms with Gasteiger partial charge in [-0.3, -0.25) is 0 Å². The predicted molar refractivity (Wildman–Crippen MR) is 74.0 cm³/mol. The molecule has 5 nitrogen and oxygen atoms in total. The zero-order valence-electron chi connectivity index (χ0n) is 11.8. The summed E-state index contributed by atoms with van der Waals surface area (Å²) in [5, 5.41) is 3.37. The lowest BCUT2D eigenvalue weighted by atomic mass is 10.1. The van der Waals surface area contributed by atoms with Crippen LogP contribution in [0.4, 0.5) is 0 Å². The summed E-state index contributed by atoms with van der Waals surface area (Å²) in [5.41, 5.74) is 7.03. The molecule has 0 spiro atoms. The molecular weight excluding hydrogens is 244 g/mol. The largest absolute Gasteiger partial charge is 0.496 e. The van der Waals surface area contributed by atoms with Crippen LogP contribution < -0.4 is 25.3 Å². The number of ether oxygens (including phenoxy) is 3. The van der Waals surface area contributed by atoms with Crippen LogP contribution in [0.5, 0.6) is 17.2 Å². The third-order valence-corrected chi connectivity index (χ3v) is 3.49. The normalized spacial score (nSPS) is 16.0. The van der Waals surface area contributed by atoms with Gasteiger partial charge in [-0.05, 0) is 12.8 Å². The molecular formula is C14H22N2O3. The first-order valence-electron chi connectivity index (χ1n) is 6.40. The second kappa shape index (κ2) is 5.67. The van der Waals surface area contributed by atoms with Crippen molar-refractivity contribution in [3.8, 4) is 17.2 Å². The Kier molecular flexibility index (Phi) is 4.17. The van der Waals surface area contributed by atoms with E-state index in [2.05, 4.69) is 5.32 Å². The van der Waals surface area contributed by atoms with Gasteiger partial charge >= 0.3 is 0 Å². The molecule has 3 N–H and O–H groups in total. The van der Waals surface area contributed by atoms with Gasteiger partial charge in [-0.2, -0.15) is 0 Å². The summed E-state index contributed by atoms with van der Waals surface area (Å²) < 4.78 is 16.0. The molecule has 1 aliphatic rings. The second-order valence-corrected chi connectivity index (χ2v) is 4.98. The highest BCUT2D eigenvalue weighted by Crippen LogP contribution is 2.35. The van der Waals surface area contributed by atoms with Crippen LogP contribution in [0.15, 0.2) is 12.1 Å². The number of nitrogens with two attached hydrogens (primary N) is 1. The van der Waals surface area contributed by atoms with Gasteiger partial charge in [-0.25, -0.2) is 0 Å². The second-order valence-electron chi connectivity index (χ2n) is 4.98. The zero-order chi connectivity index (χ0) is 13.9. The van der Waals surface area contributed by atoms with Crippen LogP contribution in [0, 0.1) is 0 Å². The molecule has 0 atom stereocenters. The summed E-state index contributed by atoms with van der Waals surface area (Å²) in [4.78, 5) is 0. The van der Waals surface area contributed by atoms with Gasteiger partial charge in [0.2, 0.25) is 0 Å². The van der Waals surface area contributed by atoms with E-state index in [1.54, 1.807) is 21.3 Å². The number of benzene rings is 1. The van der Waals surface area contributed by atoms with E-state index in [1.807, 2.05) is 12.1 Å². The summed E-state index contributed by atoms with van der Waals surface area (Å²) in [6.07, 6.45) is 2.19. The molecule has 0 heterocycles. The van der Waals surface area contributed by atoms with Gasteiger partial charge < -0.3 is 25.3 Å². The quantitative estimate of drug-likeness (QED) is 0.778. The molecule has 1 saturated carbocycles. The van der Waals surface area contributed by atoms with Crippen LogP contribution in [0.25, 0.3) is 0 Å². The molecule has 5 heteroatoms. The van der Waals surface area contributed by atoms with Gasteiger partial charge in [0.25, 0.3) is 0 Å². The highest BCUT2D eigenvalue weighted by atomic mass is 16.5. The minimum absolute atomic E-state index is 0.00700. The van der Waals surface area contributed by atoms with Gasteiger partial charge in [0, 0.05) is 30.8 Å². The monoisotopic (exact) mass is 266 g/mol. The summed E-state index contributed by atoms with van der Waals surface area (Å²) in [6.45, 7) is 1.47. The lowest BCUT2D eigenvalue weighted by Crippen LogP contribution is -2.35. The van der Waals surface area contributed by atoms with Gasteiger partial charge in [-0.1, -0.05) is 0 Å². The molecule has 19 heavy (non-hydrogen) atoms. The molecule has 0 radical (unpaired) electrons. The van der Waals surface area contributed by atoms with Crippen molar-refractivity contribution in [2.45, 2.75) is 24.9 Å². The van der Waals surface area contributed by atoms with Crippen molar-refractivity contribution in [2.75, 3.05) is 27.9 Å².